The van der Waals surface area contributed by atoms with E-state index in [1.807, 2.05) is 30.3 Å². The minimum atomic E-state index is -2.67. The molecule has 0 spiro atoms. The van der Waals surface area contributed by atoms with Crippen LogP contribution in [-0.4, -0.2) is 18.5 Å². The minimum Gasteiger partial charge on any atom is -0.147 e. The van der Waals surface area contributed by atoms with Crippen molar-refractivity contribution in [2.45, 2.75) is 52.4 Å². The molecule has 0 N–H and O–H groups in total. The van der Waals surface area contributed by atoms with Crippen molar-refractivity contribution < 1.29 is 34.3 Å². The minimum absolute atomic E-state index is 0. The summed E-state index contributed by atoms with van der Waals surface area (Å²) in [6.07, 6.45) is 0. The SMILES string of the molecule is COc1ccc([O][Ti](=[CH]c2cccs2)[O]c2ccc(OC)cc2C(C)(C)C)c(C(C)(C)C)c1.Cl.Cl. The normalized spacial score (nSPS) is 11.0. The van der Waals surface area contributed by atoms with Gasteiger partial charge in [-0.2, -0.15) is 0 Å². The fourth-order valence-electron chi connectivity index (χ4n) is 3.41. The fourth-order valence-corrected chi connectivity index (χ4v) is 6.66. The van der Waals surface area contributed by atoms with E-state index >= 15 is 0 Å². The molecule has 0 aliphatic rings. The van der Waals surface area contributed by atoms with Crippen LogP contribution in [0.15, 0.2) is 53.9 Å². The summed E-state index contributed by atoms with van der Waals surface area (Å²) in [4.78, 5) is 1.15. The first-order chi connectivity index (χ1) is 15.5. The summed E-state index contributed by atoms with van der Waals surface area (Å²) in [6, 6.07) is 16.2. The molecule has 192 valence electrons. The molecule has 35 heavy (non-hydrogen) atoms. The molecule has 0 aliphatic heterocycles. The quantitative estimate of drug-likeness (QED) is 0.268. The molecule has 3 aromatic rings. The van der Waals surface area contributed by atoms with Gasteiger partial charge in [0, 0.05) is 0 Å². The molecule has 0 fully saturated rings. The van der Waals surface area contributed by atoms with Crippen molar-refractivity contribution in [2.24, 2.45) is 0 Å². The molecule has 0 radical (unpaired) electrons. The molecule has 0 saturated carbocycles. The third-order valence-corrected chi connectivity index (χ3v) is 8.53. The number of hydrogen-bond donors (Lipinski definition) is 0. The molecule has 0 saturated heterocycles. The predicted octanol–water partition coefficient (Wildman–Crippen LogP) is 7.96. The first-order valence-corrected chi connectivity index (χ1v) is 14.0. The first-order valence-electron chi connectivity index (χ1n) is 11.0. The Balaban J connectivity index is 0.00000306. The summed E-state index contributed by atoms with van der Waals surface area (Å²) in [5.74, 6) is 3.33. The second-order valence-electron chi connectivity index (χ2n) is 9.91. The Morgan fingerprint density at radius 2 is 1.17 bits per heavy atom. The van der Waals surface area contributed by atoms with Gasteiger partial charge in [-0.15, -0.1) is 24.8 Å². The van der Waals surface area contributed by atoms with Crippen molar-refractivity contribution in [2.75, 3.05) is 14.2 Å². The van der Waals surface area contributed by atoms with E-state index in [4.69, 9.17) is 16.1 Å². The largest absolute Gasteiger partial charge is 0.147 e. The molecule has 0 aliphatic carbocycles. The van der Waals surface area contributed by atoms with E-state index in [0.29, 0.717) is 0 Å². The zero-order chi connectivity index (χ0) is 24.2. The topological polar surface area (TPSA) is 36.9 Å². The average molecular weight is 575 g/mol. The third-order valence-electron chi connectivity index (χ3n) is 5.21. The Kier molecular flexibility index (Phi) is 11.9. The number of hydrogen-bond acceptors (Lipinski definition) is 5. The van der Waals surface area contributed by atoms with E-state index in [1.54, 1.807) is 25.6 Å². The molecule has 1 heterocycles. The van der Waals surface area contributed by atoms with Gasteiger partial charge in [-0.3, -0.25) is 0 Å². The van der Waals surface area contributed by atoms with Crippen molar-refractivity contribution in [3.8, 4) is 23.0 Å². The molecule has 0 atom stereocenters. The Hall–Kier alpha value is -1.50. The van der Waals surface area contributed by atoms with Crippen molar-refractivity contribution >= 4 is 40.5 Å². The Labute approximate surface area is 233 Å². The van der Waals surface area contributed by atoms with Gasteiger partial charge in [-0.25, -0.2) is 0 Å². The van der Waals surface area contributed by atoms with Gasteiger partial charge < -0.3 is 0 Å². The van der Waals surface area contributed by atoms with Crippen molar-refractivity contribution in [1.29, 1.82) is 0 Å². The molecule has 0 amide bonds. The van der Waals surface area contributed by atoms with Crippen LogP contribution in [-0.2, 0) is 29.0 Å². The van der Waals surface area contributed by atoms with Gasteiger partial charge in [-0.05, 0) is 0 Å². The van der Waals surface area contributed by atoms with Gasteiger partial charge in [0.05, 0.1) is 0 Å². The van der Waals surface area contributed by atoms with Crippen molar-refractivity contribution in [3.63, 3.8) is 0 Å². The van der Waals surface area contributed by atoms with Crippen molar-refractivity contribution in [3.05, 3.63) is 69.9 Å². The van der Waals surface area contributed by atoms with Gasteiger partial charge in [0.2, 0.25) is 0 Å². The summed E-state index contributed by atoms with van der Waals surface area (Å²) >= 11 is -0.976. The van der Waals surface area contributed by atoms with Gasteiger partial charge in [-0.1, -0.05) is 0 Å². The maximum Gasteiger partial charge on any atom is -0.147 e. The fraction of sp³-hybridized carbons (Fsp3) is 0.370. The Morgan fingerprint density at radius 1 is 0.714 bits per heavy atom. The van der Waals surface area contributed by atoms with Crippen LogP contribution in [0.1, 0.15) is 57.5 Å². The second-order valence-corrected chi connectivity index (χ2v) is 13.0. The van der Waals surface area contributed by atoms with E-state index in [2.05, 4.69) is 69.4 Å². The molecular weight excluding hydrogens is 539 g/mol. The zero-order valence-electron chi connectivity index (χ0n) is 21.6. The predicted molar refractivity (Wildman–Crippen MR) is 149 cm³/mol. The Morgan fingerprint density at radius 3 is 1.51 bits per heavy atom. The molecule has 0 unspecified atom stereocenters. The number of methoxy groups -OCH3 is 2. The zero-order valence-corrected chi connectivity index (χ0v) is 25.6. The summed E-state index contributed by atoms with van der Waals surface area (Å²) < 4.78 is 26.5. The summed E-state index contributed by atoms with van der Waals surface area (Å²) in [5.41, 5.74) is 1.99. The van der Waals surface area contributed by atoms with Crippen LogP contribution in [0.5, 0.6) is 23.0 Å². The van der Waals surface area contributed by atoms with E-state index in [9.17, 15) is 0 Å². The van der Waals surface area contributed by atoms with E-state index in [0.717, 1.165) is 39.0 Å². The van der Waals surface area contributed by atoms with Gasteiger partial charge in [0.15, 0.2) is 0 Å². The van der Waals surface area contributed by atoms with Crippen LogP contribution < -0.4 is 16.1 Å². The molecule has 8 heteroatoms. The number of ether oxygens (including phenoxy) is 2. The molecule has 0 bridgehead atoms. The molecule has 2 aromatic carbocycles. The van der Waals surface area contributed by atoms with Crippen LogP contribution in [0.3, 0.4) is 0 Å². The summed E-state index contributed by atoms with van der Waals surface area (Å²) in [6.45, 7) is 13.1. The molecular formula is C27H36Cl2O4STi. The molecule has 3 rings (SSSR count). The maximum atomic E-state index is 6.68. The summed E-state index contributed by atoms with van der Waals surface area (Å²) in [7, 11) is 3.37. The number of halogens is 2. The smallest absolute Gasteiger partial charge is 0.147 e. The Bertz CT molecular complexity index is 1050. The average Bonchev–Trinajstić information content (AvgIpc) is 3.25. The third kappa shape index (κ3) is 8.54. The molecule has 1 aromatic heterocycles. The van der Waals surface area contributed by atoms with E-state index in [-0.39, 0.29) is 35.6 Å². The van der Waals surface area contributed by atoms with Crippen LogP contribution in [0.2, 0.25) is 0 Å². The van der Waals surface area contributed by atoms with Gasteiger partial charge in [0.25, 0.3) is 0 Å². The molecule has 4 nitrogen and oxygen atoms in total. The van der Waals surface area contributed by atoms with E-state index < -0.39 is 18.2 Å². The van der Waals surface area contributed by atoms with Gasteiger partial charge >= 0.3 is 209 Å². The number of rotatable bonds is 7. The van der Waals surface area contributed by atoms with Crippen LogP contribution in [0.25, 0.3) is 0 Å². The second kappa shape index (κ2) is 13.2. The van der Waals surface area contributed by atoms with Crippen molar-refractivity contribution in [1.82, 2.24) is 0 Å². The maximum absolute atomic E-state index is 6.68. The monoisotopic (exact) mass is 574 g/mol. The van der Waals surface area contributed by atoms with Crippen LogP contribution in [0.4, 0.5) is 0 Å². The number of thiophene rings is 1. The first kappa shape index (κ1) is 31.5. The van der Waals surface area contributed by atoms with Crippen LogP contribution in [0, 0.1) is 0 Å². The summed E-state index contributed by atoms with van der Waals surface area (Å²) in [5, 5.41) is 2.07. The van der Waals surface area contributed by atoms with Gasteiger partial charge in [0.1, 0.15) is 0 Å². The van der Waals surface area contributed by atoms with E-state index in [1.165, 1.54) is 0 Å². The standard InChI is InChI=1S/2C11H16O2.C5H4S.2ClH.Ti/c2*1-11(2,3)9-7-8(13-4)5-6-10(9)12;1-5-3-2-4-6-5;;;/h2*5-7,12H,1-4H3;1-4H;2*1H;/q;;;;;+2/p-2. The number of benzene rings is 2. The van der Waals surface area contributed by atoms with Crippen LogP contribution >= 0.6 is 36.2 Å².